The van der Waals surface area contributed by atoms with Crippen molar-refractivity contribution < 1.29 is 4.79 Å². The minimum atomic E-state index is -0.605. The Morgan fingerprint density at radius 3 is 2.75 bits per heavy atom. The van der Waals surface area contributed by atoms with E-state index in [-0.39, 0.29) is 23.4 Å². The van der Waals surface area contributed by atoms with Gasteiger partial charge in [-0.3, -0.25) is 19.4 Å². The zero-order valence-electron chi connectivity index (χ0n) is 10.8. The van der Waals surface area contributed by atoms with Gasteiger partial charge in [-0.1, -0.05) is 6.92 Å². The predicted molar refractivity (Wildman–Crippen MR) is 70.3 cm³/mol. The van der Waals surface area contributed by atoms with E-state index in [2.05, 4.69) is 25.3 Å². The number of aromatic nitrogens is 4. The van der Waals surface area contributed by atoms with E-state index < -0.39 is 11.5 Å². The van der Waals surface area contributed by atoms with E-state index in [1.54, 1.807) is 0 Å². The van der Waals surface area contributed by atoms with E-state index in [9.17, 15) is 14.4 Å². The Bertz CT molecular complexity index is 734. The van der Waals surface area contributed by atoms with Gasteiger partial charge in [0.05, 0.1) is 6.54 Å². The molecule has 0 unspecified atom stereocenters. The fourth-order valence-corrected chi connectivity index (χ4v) is 1.54. The molecule has 8 nitrogen and oxygen atoms in total. The fourth-order valence-electron chi connectivity index (χ4n) is 1.54. The van der Waals surface area contributed by atoms with E-state index in [1.807, 2.05) is 6.92 Å². The van der Waals surface area contributed by atoms with Crippen LogP contribution in [-0.4, -0.2) is 25.8 Å². The highest BCUT2D eigenvalue weighted by Gasteiger charge is 2.12. The van der Waals surface area contributed by atoms with Gasteiger partial charge >= 0.3 is 0 Å². The van der Waals surface area contributed by atoms with Crippen LogP contribution in [0.25, 0.3) is 0 Å². The Balaban J connectivity index is 2.11. The highest BCUT2D eigenvalue weighted by atomic mass is 16.2. The zero-order chi connectivity index (χ0) is 14.5. The average Bonchev–Trinajstić information content (AvgIpc) is 2.46. The summed E-state index contributed by atoms with van der Waals surface area (Å²) in [4.78, 5) is 47.6. The van der Waals surface area contributed by atoms with Gasteiger partial charge in [-0.2, -0.15) is 0 Å². The van der Waals surface area contributed by atoms with Crippen LogP contribution in [0.15, 0.2) is 28.2 Å². The van der Waals surface area contributed by atoms with Crippen LogP contribution in [0.4, 0.5) is 0 Å². The van der Waals surface area contributed by atoms with Crippen molar-refractivity contribution in [3.05, 3.63) is 56.4 Å². The van der Waals surface area contributed by atoms with E-state index in [1.165, 1.54) is 18.6 Å². The molecular formula is C12H13N5O3. The smallest absolute Gasteiger partial charge is 0.271 e. The maximum absolute atomic E-state index is 11.8. The van der Waals surface area contributed by atoms with Crippen LogP contribution in [0, 0.1) is 0 Å². The summed E-state index contributed by atoms with van der Waals surface area (Å²) in [7, 11) is 0. The second-order valence-electron chi connectivity index (χ2n) is 3.97. The van der Waals surface area contributed by atoms with Crippen molar-refractivity contribution >= 4 is 5.91 Å². The highest BCUT2D eigenvalue weighted by molar-refractivity contribution is 5.93. The monoisotopic (exact) mass is 275 g/mol. The van der Waals surface area contributed by atoms with Gasteiger partial charge in [0.2, 0.25) is 0 Å². The second-order valence-corrected chi connectivity index (χ2v) is 3.97. The van der Waals surface area contributed by atoms with Crippen LogP contribution in [0.2, 0.25) is 0 Å². The summed E-state index contributed by atoms with van der Waals surface area (Å²) < 4.78 is 0. The normalized spacial score (nSPS) is 10.2. The molecule has 2 aromatic rings. The van der Waals surface area contributed by atoms with Crippen LogP contribution < -0.4 is 16.4 Å². The molecule has 0 aliphatic rings. The van der Waals surface area contributed by atoms with Crippen molar-refractivity contribution in [1.29, 1.82) is 0 Å². The molecule has 2 aromatic heterocycles. The number of nitrogens with one attached hydrogen (secondary N) is 3. The molecule has 0 radical (unpaired) electrons. The number of carbonyl (C=O) groups excluding carboxylic acids is 1. The van der Waals surface area contributed by atoms with E-state index in [0.717, 1.165) is 0 Å². The van der Waals surface area contributed by atoms with Crippen molar-refractivity contribution in [2.75, 3.05) is 0 Å². The summed E-state index contributed by atoms with van der Waals surface area (Å²) in [5, 5.41) is 2.45. The molecule has 0 fully saturated rings. The number of rotatable bonds is 4. The molecule has 8 heteroatoms. The van der Waals surface area contributed by atoms with Gasteiger partial charge in [-0.25, -0.2) is 4.98 Å². The topological polar surface area (TPSA) is 121 Å². The minimum absolute atomic E-state index is 0.0655. The largest absolute Gasteiger partial charge is 0.346 e. The van der Waals surface area contributed by atoms with E-state index >= 15 is 0 Å². The maximum atomic E-state index is 11.8. The van der Waals surface area contributed by atoms with Crippen LogP contribution in [0.1, 0.15) is 28.8 Å². The van der Waals surface area contributed by atoms with Crippen LogP contribution in [0.5, 0.6) is 0 Å². The van der Waals surface area contributed by atoms with Gasteiger partial charge in [0.1, 0.15) is 17.1 Å². The standard InChI is InChI=1S/C12H13N5O3/c1-2-9-15-5-7(11(19)17-9)10(18)16-6-8-12(20)14-4-3-13-8/h3-5H,2,6H2,1H3,(H,14,20)(H,16,18)(H,15,17,19). The van der Waals surface area contributed by atoms with Crippen LogP contribution in [0.3, 0.4) is 0 Å². The molecule has 2 rings (SSSR count). The first-order chi connectivity index (χ1) is 9.61. The van der Waals surface area contributed by atoms with Gasteiger partial charge in [-0.15, -0.1) is 0 Å². The Hall–Kier alpha value is -2.77. The molecular weight excluding hydrogens is 262 g/mol. The molecule has 104 valence electrons. The second kappa shape index (κ2) is 5.91. The van der Waals surface area contributed by atoms with Crippen molar-refractivity contribution in [1.82, 2.24) is 25.3 Å². The van der Waals surface area contributed by atoms with Gasteiger partial charge in [0, 0.05) is 25.0 Å². The van der Waals surface area contributed by atoms with Crippen LogP contribution >= 0.6 is 0 Å². The fraction of sp³-hybridized carbons (Fsp3) is 0.250. The minimum Gasteiger partial charge on any atom is -0.346 e. The summed E-state index contributed by atoms with van der Waals surface area (Å²) in [5.41, 5.74) is -0.838. The molecule has 0 aromatic carbocycles. The molecule has 2 heterocycles. The van der Waals surface area contributed by atoms with Crippen molar-refractivity contribution in [3.8, 4) is 0 Å². The SMILES string of the molecule is CCc1ncc(C(=O)NCc2ncc[nH]c2=O)c(=O)[nH]1. The predicted octanol–water partition coefficient (Wildman–Crippen LogP) is -0.654. The molecule has 0 aliphatic carbocycles. The molecule has 1 amide bonds. The number of amides is 1. The number of aromatic amines is 2. The lowest BCUT2D eigenvalue weighted by Crippen LogP contribution is -2.32. The first-order valence-corrected chi connectivity index (χ1v) is 6.00. The maximum Gasteiger partial charge on any atom is 0.271 e. The molecule has 3 N–H and O–H groups in total. The summed E-state index contributed by atoms with van der Waals surface area (Å²) in [6.07, 6.45) is 4.59. The molecule has 0 saturated carbocycles. The first-order valence-electron chi connectivity index (χ1n) is 6.00. The lowest BCUT2D eigenvalue weighted by Gasteiger charge is -2.04. The molecule has 20 heavy (non-hydrogen) atoms. The third-order valence-corrected chi connectivity index (χ3v) is 2.63. The third-order valence-electron chi connectivity index (χ3n) is 2.63. The Kier molecular flexibility index (Phi) is 4.04. The molecule has 0 aliphatic heterocycles. The summed E-state index contributed by atoms with van der Waals surface area (Å²) in [5.74, 6) is -0.0980. The first kappa shape index (κ1) is 13.7. The lowest BCUT2D eigenvalue weighted by atomic mass is 10.3. The lowest BCUT2D eigenvalue weighted by molar-refractivity contribution is 0.0948. The molecule has 0 saturated heterocycles. The van der Waals surface area contributed by atoms with Gasteiger partial charge in [0.25, 0.3) is 17.0 Å². The third kappa shape index (κ3) is 2.97. The number of carbonyl (C=O) groups is 1. The van der Waals surface area contributed by atoms with Crippen molar-refractivity contribution in [2.24, 2.45) is 0 Å². The summed E-state index contributed by atoms with van der Waals surface area (Å²) >= 11 is 0. The Morgan fingerprint density at radius 1 is 1.30 bits per heavy atom. The van der Waals surface area contributed by atoms with Gasteiger partial charge in [0.15, 0.2) is 0 Å². The highest BCUT2D eigenvalue weighted by Crippen LogP contribution is 1.92. The summed E-state index contributed by atoms with van der Waals surface area (Å²) in [6, 6.07) is 0. The number of hydrogen-bond acceptors (Lipinski definition) is 5. The van der Waals surface area contributed by atoms with Crippen molar-refractivity contribution in [3.63, 3.8) is 0 Å². The Labute approximate surface area is 113 Å². The van der Waals surface area contributed by atoms with Gasteiger partial charge in [-0.05, 0) is 0 Å². The van der Waals surface area contributed by atoms with Crippen LogP contribution in [-0.2, 0) is 13.0 Å². The van der Waals surface area contributed by atoms with Gasteiger partial charge < -0.3 is 15.3 Å². The average molecular weight is 275 g/mol. The molecule has 0 bridgehead atoms. The zero-order valence-corrected chi connectivity index (χ0v) is 10.8. The number of nitrogens with zero attached hydrogens (tertiary/aromatic N) is 2. The Morgan fingerprint density at radius 2 is 2.10 bits per heavy atom. The number of H-pyrrole nitrogens is 2. The summed E-state index contributed by atoms with van der Waals surface area (Å²) in [6.45, 7) is 1.77. The van der Waals surface area contributed by atoms with E-state index in [0.29, 0.717) is 12.2 Å². The number of hydrogen-bond donors (Lipinski definition) is 3. The van der Waals surface area contributed by atoms with E-state index in [4.69, 9.17) is 0 Å². The molecule has 0 spiro atoms. The van der Waals surface area contributed by atoms with Crippen molar-refractivity contribution in [2.45, 2.75) is 19.9 Å². The number of aryl methyl sites for hydroxylation is 1. The quantitative estimate of drug-likeness (QED) is 0.684. The molecule has 0 atom stereocenters.